The van der Waals surface area contributed by atoms with Crippen LogP contribution in [0.25, 0.3) is 0 Å². The molecule has 2 amide bonds. The summed E-state index contributed by atoms with van der Waals surface area (Å²) in [6.45, 7) is 3.54. The summed E-state index contributed by atoms with van der Waals surface area (Å²) in [6.07, 6.45) is 1.43. The summed E-state index contributed by atoms with van der Waals surface area (Å²) >= 11 is 1.39. The van der Waals surface area contributed by atoms with Crippen LogP contribution in [0.3, 0.4) is 0 Å². The first-order valence-corrected chi connectivity index (χ1v) is 13.2. The average Bonchev–Trinajstić information content (AvgIpc) is 3.58. The predicted octanol–water partition coefficient (Wildman–Crippen LogP) is 3.45. The van der Waals surface area contributed by atoms with Gasteiger partial charge >= 0.3 is 0 Å². The maximum atomic E-state index is 14.0. The number of nitrogens with two attached hydrogens (primary N) is 1. The maximum absolute atomic E-state index is 14.0. The van der Waals surface area contributed by atoms with Gasteiger partial charge in [0.1, 0.15) is 11.9 Å². The number of nitrogens with zero attached hydrogens (tertiary/aromatic N) is 1. The number of carbonyl (C=O) groups excluding carboxylic acids is 2. The second-order valence-corrected chi connectivity index (χ2v) is 10.1. The quantitative estimate of drug-likeness (QED) is 0.251. The number of carbonyl (C=O) groups is 2. The molecular formula is C28H33N5O2S. The first-order chi connectivity index (χ1) is 17.5. The smallest absolute Gasteiger partial charge is 0.243 e. The fourth-order valence-corrected chi connectivity index (χ4v) is 5.67. The Morgan fingerprint density at radius 1 is 1.06 bits per heavy atom. The summed E-state index contributed by atoms with van der Waals surface area (Å²) < 4.78 is 0. The molecule has 1 aromatic heterocycles. The molecule has 1 aliphatic heterocycles. The van der Waals surface area contributed by atoms with Crippen LogP contribution >= 0.6 is 11.3 Å². The molecule has 36 heavy (non-hydrogen) atoms. The largest absolute Gasteiger partial charge is 0.383 e. The molecule has 8 heteroatoms. The SMILES string of the molecule is CCN[C@@H](C(=O)N1CCC[C@H]1C(=O)NCc1ccc(C(=N)N)s1)C(c1ccccc1)c1ccccc1. The first kappa shape index (κ1) is 25.6. The predicted molar refractivity (Wildman–Crippen MR) is 144 cm³/mol. The van der Waals surface area contributed by atoms with Gasteiger partial charge < -0.3 is 21.3 Å². The van der Waals surface area contributed by atoms with Crippen molar-refractivity contribution in [2.24, 2.45) is 5.73 Å². The van der Waals surface area contributed by atoms with Crippen LogP contribution in [0.15, 0.2) is 72.8 Å². The van der Waals surface area contributed by atoms with Crippen LogP contribution in [-0.2, 0) is 16.1 Å². The summed E-state index contributed by atoms with van der Waals surface area (Å²) in [7, 11) is 0. The molecule has 0 bridgehead atoms. The van der Waals surface area contributed by atoms with Crippen molar-refractivity contribution in [3.63, 3.8) is 0 Å². The summed E-state index contributed by atoms with van der Waals surface area (Å²) in [5.41, 5.74) is 7.67. The number of nitrogens with one attached hydrogen (secondary N) is 3. The maximum Gasteiger partial charge on any atom is 0.243 e. The summed E-state index contributed by atoms with van der Waals surface area (Å²) in [4.78, 5) is 30.6. The molecule has 2 heterocycles. The number of nitrogen functional groups attached to an aromatic ring is 1. The van der Waals surface area contributed by atoms with Gasteiger partial charge in [0.05, 0.1) is 17.5 Å². The Kier molecular flexibility index (Phi) is 8.51. The molecule has 1 saturated heterocycles. The van der Waals surface area contributed by atoms with Crippen molar-refractivity contribution >= 4 is 29.0 Å². The highest BCUT2D eigenvalue weighted by molar-refractivity contribution is 7.14. The molecular weight excluding hydrogens is 470 g/mol. The van der Waals surface area contributed by atoms with Crippen LogP contribution in [0.2, 0.25) is 0 Å². The minimum absolute atomic E-state index is 0.0194. The number of likely N-dealkylation sites (N-methyl/N-ethyl adjacent to an activating group) is 1. The van der Waals surface area contributed by atoms with Gasteiger partial charge in [-0.3, -0.25) is 15.0 Å². The van der Waals surface area contributed by atoms with E-state index in [1.165, 1.54) is 11.3 Å². The van der Waals surface area contributed by atoms with Crippen LogP contribution < -0.4 is 16.4 Å². The van der Waals surface area contributed by atoms with Crippen molar-refractivity contribution in [3.05, 3.63) is 93.7 Å². The Hall–Kier alpha value is -3.49. The molecule has 0 aliphatic carbocycles. The van der Waals surface area contributed by atoms with Gasteiger partial charge in [-0.2, -0.15) is 0 Å². The topological polar surface area (TPSA) is 111 Å². The highest BCUT2D eigenvalue weighted by atomic mass is 32.1. The highest BCUT2D eigenvalue weighted by Crippen LogP contribution is 2.31. The average molecular weight is 504 g/mol. The Morgan fingerprint density at radius 3 is 2.25 bits per heavy atom. The molecule has 1 aliphatic rings. The standard InChI is InChI=1S/C28H33N5O2S/c1-2-31-25(24(19-10-5-3-6-11-19)20-12-7-4-8-13-20)28(35)33-17-9-14-22(33)27(34)32-18-21-15-16-23(36-21)26(29)30/h3-8,10-13,15-16,22,24-25,31H,2,9,14,17-18H2,1H3,(H3,29,30)(H,32,34)/t22-,25+/m0/s1. The number of likely N-dealkylation sites (tertiary alicyclic amines) is 1. The summed E-state index contributed by atoms with van der Waals surface area (Å²) in [6, 6.07) is 22.8. The van der Waals surface area contributed by atoms with Crippen LogP contribution in [-0.4, -0.2) is 47.7 Å². The number of hydrogen-bond donors (Lipinski definition) is 4. The zero-order chi connectivity index (χ0) is 25.5. The van der Waals surface area contributed by atoms with E-state index in [0.717, 1.165) is 22.4 Å². The zero-order valence-electron chi connectivity index (χ0n) is 20.4. The minimum Gasteiger partial charge on any atom is -0.383 e. The third-order valence-corrected chi connectivity index (χ3v) is 7.66. The number of benzene rings is 2. The third kappa shape index (κ3) is 5.83. The van der Waals surface area contributed by atoms with E-state index in [0.29, 0.717) is 30.9 Å². The molecule has 188 valence electrons. The molecule has 5 N–H and O–H groups in total. The van der Waals surface area contributed by atoms with Crippen LogP contribution in [0.5, 0.6) is 0 Å². The highest BCUT2D eigenvalue weighted by Gasteiger charge is 2.40. The molecule has 7 nitrogen and oxygen atoms in total. The van der Waals surface area contributed by atoms with Gasteiger partial charge in [0.2, 0.25) is 11.8 Å². The second-order valence-electron chi connectivity index (χ2n) is 8.92. The fourth-order valence-electron chi connectivity index (χ4n) is 4.86. The van der Waals surface area contributed by atoms with Crippen molar-refractivity contribution in [2.75, 3.05) is 13.1 Å². The van der Waals surface area contributed by atoms with Gasteiger partial charge in [0.25, 0.3) is 0 Å². The number of amides is 2. The van der Waals surface area contributed by atoms with Crippen LogP contribution in [0.4, 0.5) is 0 Å². The van der Waals surface area contributed by atoms with E-state index >= 15 is 0 Å². The van der Waals surface area contributed by atoms with E-state index in [2.05, 4.69) is 34.9 Å². The van der Waals surface area contributed by atoms with Gasteiger partial charge in [-0.05, 0) is 42.6 Å². The number of hydrogen-bond acceptors (Lipinski definition) is 5. The van der Waals surface area contributed by atoms with Crippen LogP contribution in [0, 0.1) is 5.41 Å². The lowest BCUT2D eigenvalue weighted by molar-refractivity contribution is -0.140. The third-order valence-electron chi connectivity index (χ3n) is 6.54. The number of thiophene rings is 1. The molecule has 2 aromatic carbocycles. The van der Waals surface area contributed by atoms with E-state index in [1.54, 1.807) is 11.0 Å². The van der Waals surface area contributed by atoms with Crippen molar-refractivity contribution in [1.82, 2.24) is 15.5 Å². The summed E-state index contributed by atoms with van der Waals surface area (Å²) in [5, 5.41) is 14.0. The van der Waals surface area contributed by atoms with Crippen molar-refractivity contribution < 1.29 is 9.59 Å². The molecule has 0 saturated carbocycles. The second kappa shape index (κ2) is 12.0. The zero-order valence-corrected chi connectivity index (χ0v) is 21.3. The van der Waals surface area contributed by atoms with Gasteiger partial charge in [0.15, 0.2) is 0 Å². The minimum atomic E-state index is -0.502. The van der Waals surface area contributed by atoms with Crippen LogP contribution in [0.1, 0.15) is 46.6 Å². The van der Waals surface area contributed by atoms with E-state index < -0.39 is 12.1 Å². The van der Waals surface area contributed by atoms with Crippen molar-refractivity contribution in [2.45, 2.75) is 44.3 Å². The fraction of sp³-hybridized carbons (Fsp3) is 0.321. The molecule has 1 fully saturated rings. The monoisotopic (exact) mass is 503 g/mol. The Balaban J connectivity index is 1.54. The van der Waals surface area contributed by atoms with Crippen molar-refractivity contribution in [3.8, 4) is 0 Å². The Morgan fingerprint density at radius 2 is 1.69 bits per heavy atom. The van der Waals surface area contributed by atoms with Gasteiger partial charge in [-0.1, -0.05) is 67.6 Å². The molecule has 3 aromatic rings. The lowest BCUT2D eigenvalue weighted by Gasteiger charge is -2.33. The lowest BCUT2D eigenvalue weighted by atomic mass is 9.84. The van der Waals surface area contributed by atoms with E-state index in [4.69, 9.17) is 11.1 Å². The molecule has 0 radical (unpaired) electrons. The molecule has 2 atom stereocenters. The van der Waals surface area contributed by atoms with E-state index in [-0.39, 0.29) is 23.6 Å². The van der Waals surface area contributed by atoms with Crippen molar-refractivity contribution in [1.29, 1.82) is 5.41 Å². The van der Waals surface area contributed by atoms with Gasteiger partial charge in [-0.25, -0.2) is 0 Å². The lowest BCUT2D eigenvalue weighted by Crippen LogP contribution is -2.54. The summed E-state index contributed by atoms with van der Waals surface area (Å²) in [5.74, 6) is -0.363. The number of amidine groups is 1. The normalized spacial score (nSPS) is 16.2. The number of rotatable bonds is 10. The van der Waals surface area contributed by atoms with E-state index in [1.807, 2.05) is 49.4 Å². The Bertz CT molecular complexity index is 1140. The van der Waals surface area contributed by atoms with Gasteiger partial charge in [0, 0.05) is 17.3 Å². The van der Waals surface area contributed by atoms with E-state index in [9.17, 15) is 9.59 Å². The molecule has 0 unspecified atom stereocenters. The van der Waals surface area contributed by atoms with Gasteiger partial charge in [-0.15, -0.1) is 11.3 Å². The molecule has 0 spiro atoms. The Labute approximate surface area is 216 Å². The molecule has 4 rings (SSSR count). The first-order valence-electron chi connectivity index (χ1n) is 12.3.